The molecule has 20 heavy (non-hydrogen) atoms. The van der Waals surface area contributed by atoms with Crippen molar-refractivity contribution in [2.75, 3.05) is 27.2 Å². The lowest BCUT2D eigenvalue weighted by molar-refractivity contribution is -0.149. The molecule has 1 rings (SSSR count). The van der Waals surface area contributed by atoms with E-state index in [1.54, 1.807) is 21.0 Å². The number of esters is 1. The van der Waals surface area contributed by atoms with Crippen LogP contribution in [0.1, 0.15) is 12.5 Å². The van der Waals surface area contributed by atoms with Crippen LogP contribution in [0.15, 0.2) is 30.3 Å². The number of benzene rings is 1. The molecular weight excluding hydrogens is 256 g/mol. The van der Waals surface area contributed by atoms with Gasteiger partial charge in [-0.3, -0.25) is 9.59 Å². The van der Waals surface area contributed by atoms with Gasteiger partial charge >= 0.3 is 5.97 Å². The zero-order valence-electron chi connectivity index (χ0n) is 12.3. The van der Waals surface area contributed by atoms with Crippen molar-refractivity contribution in [1.29, 1.82) is 0 Å². The minimum absolute atomic E-state index is 0.0187. The molecule has 5 heteroatoms. The van der Waals surface area contributed by atoms with Gasteiger partial charge in [0.1, 0.15) is 6.61 Å². The van der Waals surface area contributed by atoms with Crippen LogP contribution in [0.2, 0.25) is 0 Å². The van der Waals surface area contributed by atoms with Gasteiger partial charge in [0, 0.05) is 20.6 Å². The molecule has 1 amide bonds. The Kier molecular flexibility index (Phi) is 6.73. The summed E-state index contributed by atoms with van der Waals surface area (Å²) >= 11 is 0. The molecule has 1 atom stereocenters. The van der Waals surface area contributed by atoms with Crippen molar-refractivity contribution in [2.24, 2.45) is 5.92 Å². The Balaban J connectivity index is 2.24. The van der Waals surface area contributed by atoms with Gasteiger partial charge in [0.2, 0.25) is 5.91 Å². The van der Waals surface area contributed by atoms with Crippen LogP contribution in [0.3, 0.4) is 0 Å². The van der Waals surface area contributed by atoms with Gasteiger partial charge in [-0.1, -0.05) is 37.3 Å². The molecule has 5 nitrogen and oxygen atoms in total. The van der Waals surface area contributed by atoms with Crippen LogP contribution in [0.25, 0.3) is 0 Å². The summed E-state index contributed by atoms with van der Waals surface area (Å²) in [6.07, 6.45) is 0. The second-order valence-electron chi connectivity index (χ2n) is 4.91. The van der Waals surface area contributed by atoms with E-state index in [1.807, 2.05) is 30.3 Å². The summed E-state index contributed by atoms with van der Waals surface area (Å²) in [5.74, 6) is -0.567. The summed E-state index contributed by atoms with van der Waals surface area (Å²) in [5.41, 5.74) is 0.962. The van der Waals surface area contributed by atoms with E-state index in [1.165, 1.54) is 4.90 Å². The number of likely N-dealkylation sites (N-methyl/N-ethyl adjacent to an activating group) is 1. The molecule has 0 fully saturated rings. The summed E-state index contributed by atoms with van der Waals surface area (Å²) in [6.45, 7) is 2.71. The zero-order chi connectivity index (χ0) is 15.0. The number of carbonyl (C=O) groups excluding carboxylic acids is 2. The molecule has 0 spiro atoms. The molecule has 0 aliphatic carbocycles. The third-order valence-electron chi connectivity index (χ3n) is 2.85. The standard InChI is InChI=1S/C15H22N2O3/c1-12(9-16-10-14(18)17(2)3)15(19)20-11-13-7-5-4-6-8-13/h4-8,12,16H,9-11H2,1-3H3. The third kappa shape index (κ3) is 5.84. The van der Waals surface area contributed by atoms with E-state index in [9.17, 15) is 9.59 Å². The van der Waals surface area contributed by atoms with Gasteiger partial charge in [-0.2, -0.15) is 0 Å². The van der Waals surface area contributed by atoms with E-state index >= 15 is 0 Å². The van der Waals surface area contributed by atoms with Crippen LogP contribution in [-0.4, -0.2) is 44.0 Å². The van der Waals surface area contributed by atoms with E-state index in [0.717, 1.165) is 5.56 Å². The van der Waals surface area contributed by atoms with Crippen molar-refractivity contribution in [3.8, 4) is 0 Å². The maximum atomic E-state index is 11.8. The fraction of sp³-hybridized carbons (Fsp3) is 0.467. The van der Waals surface area contributed by atoms with Crippen molar-refractivity contribution < 1.29 is 14.3 Å². The first-order chi connectivity index (χ1) is 9.50. The Morgan fingerprint density at radius 3 is 2.50 bits per heavy atom. The van der Waals surface area contributed by atoms with Gasteiger partial charge in [-0.05, 0) is 5.56 Å². The smallest absolute Gasteiger partial charge is 0.310 e. The van der Waals surface area contributed by atoms with Crippen molar-refractivity contribution in [3.05, 3.63) is 35.9 Å². The van der Waals surface area contributed by atoms with E-state index in [2.05, 4.69) is 5.32 Å². The molecule has 0 bridgehead atoms. The highest BCUT2D eigenvalue weighted by molar-refractivity contribution is 5.77. The van der Waals surface area contributed by atoms with Crippen LogP contribution >= 0.6 is 0 Å². The van der Waals surface area contributed by atoms with Crippen LogP contribution in [0.5, 0.6) is 0 Å². The molecule has 0 aromatic heterocycles. The number of carbonyl (C=O) groups is 2. The minimum Gasteiger partial charge on any atom is -0.461 e. The summed E-state index contributed by atoms with van der Waals surface area (Å²) in [6, 6.07) is 9.54. The Morgan fingerprint density at radius 1 is 1.25 bits per heavy atom. The normalized spacial score (nSPS) is 11.8. The zero-order valence-corrected chi connectivity index (χ0v) is 12.3. The van der Waals surface area contributed by atoms with Crippen LogP contribution in [0.4, 0.5) is 0 Å². The van der Waals surface area contributed by atoms with Crippen molar-refractivity contribution in [3.63, 3.8) is 0 Å². The molecule has 0 saturated heterocycles. The predicted octanol–water partition coefficient (Wildman–Crippen LogP) is 1.04. The maximum Gasteiger partial charge on any atom is 0.310 e. The second-order valence-corrected chi connectivity index (χ2v) is 4.91. The lowest BCUT2D eigenvalue weighted by Crippen LogP contribution is -2.36. The number of hydrogen-bond acceptors (Lipinski definition) is 4. The molecule has 0 aliphatic heterocycles. The largest absolute Gasteiger partial charge is 0.461 e. The van der Waals surface area contributed by atoms with E-state index in [4.69, 9.17) is 4.74 Å². The summed E-state index contributed by atoms with van der Waals surface area (Å²) < 4.78 is 5.22. The average molecular weight is 278 g/mol. The predicted molar refractivity (Wildman–Crippen MR) is 77.0 cm³/mol. The van der Waals surface area contributed by atoms with Crippen LogP contribution in [-0.2, 0) is 20.9 Å². The lowest BCUT2D eigenvalue weighted by atomic mass is 10.2. The fourth-order valence-corrected chi connectivity index (χ4v) is 1.51. The van der Waals surface area contributed by atoms with E-state index in [0.29, 0.717) is 6.54 Å². The van der Waals surface area contributed by atoms with Crippen LogP contribution in [0, 0.1) is 5.92 Å². The Labute approximate surface area is 119 Å². The molecule has 0 saturated carbocycles. The number of hydrogen-bond donors (Lipinski definition) is 1. The highest BCUT2D eigenvalue weighted by Crippen LogP contribution is 2.04. The van der Waals surface area contributed by atoms with Crippen molar-refractivity contribution >= 4 is 11.9 Å². The third-order valence-corrected chi connectivity index (χ3v) is 2.85. The summed E-state index contributed by atoms with van der Waals surface area (Å²) in [5, 5.41) is 2.95. The monoisotopic (exact) mass is 278 g/mol. The summed E-state index contributed by atoms with van der Waals surface area (Å²) in [4.78, 5) is 24.6. The Morgan fingerprint density at radius 2 is 1.90 bits per heavy atom. The van der Waals surface area contributed by atoms with Crippen LogP contribution < -0.4 is 5.32 Å². The van der Waals surface area contributed by atoms with Gasteiger partial charge in [0.15, 0.2) is 0 Å². The van der Waals surface area contributed by atoms with E-state index in [-0.39, 0.29) is 30.9 Å². The maximum absolute atomic E-state index is 11.8. The number of ether oxygens (including phenoxy) is 1. The second kappa shape index (κ2) is 8.32. The quantitative estimate of drug-likeness (QED) is 0.757. The number of nitrogens with zero attached hydrogens (tertiary/aromatic N) is 1. The molecule has 0 aliphatic rings. The van der Waals surface area contributed by atoms with Gasteiger partial charge in [0.05, 0.1) is 12.5 Å². The highest BCUT2D eigenvalue weighted by atomic mass is 16.5. The average Bonchev–Trinajstić information content (AvgIpc) is 2.45. The molecule has 1 aromatic rings. The molecule has 1 aromatic carbocycles. The van der Waals surface area contributed by atoms with Gasteiger partial charge in [-0.15, -0.1) is 0 Å². The fourth-order valence-electron chi connectivity index (χ4n) is 1.51. The highest BCUT2D eigenvalue weighted by Gasteiger charge is 2.15. The van der Waals surface area contributed by atoms with E-state index < -0.39 is 0 Å². The van der Waals surface area contributed by atoms with Gasteiger partial charge < -0.3 is 15.0 Å². The van der Waals surface area contributed by atoms with Crippen molar-refractivity contribution in [2.45, 2.75) is 13.5 Å². The summed E-state index contributed by atoms with van der Waals surface area (Å²) in [7, 11) is 3.39. The Bertz CT molecular complexity index is 432. The van der Waals surface area contributed by atoms with Gasteiger partial charge in [0.25, 0.3) is 0 Å². The Hall–Kier alpha value is -1.88. The number of amides is 1. The molecule has 0 radical (unpaired) electrons. The number of rotatable bonds is 7. The lowest BCUT2D eigenvalue weighted by Gasteiger charge is -2.14. The minimum atomic E-state index is -0.284. The number of nitrogens with one attached hydrogen (secondary N) is 1. The van der Waals surface area contributed by atoms with Gasteiger partial charge in [-0.25, -0.2) is 0 Å². The molecular formula is C15H22N2O3. The topological polar surface area (TPSA) is 58.6 Å². The SMILES string of the molecule is CC(CNCC(=O)N(C)C)C(=O)OCc1ccccc1. The van der Waals surface area contributed by atoms with Crippen molar-refractivity contribution in [1.82, 2.24) is 10.2 Å². The first kappa shape index (κ1) is 16.2. The first-order valence-electron chi connectivity index (χ1n) is 6.62. The molecule has 0 heterocycles. The first-order valence-corrected chi connectivity index (χ1v) is 6.62. The molecule has 1 N–H and O–H groups in total. The molecule has 110 valence electrons. The molecule has 1 unspecified atom stereocenters.